The van der Waals surface area contributed by atoms with Gasteiger partial charge in [-0.3, -0.25) is 0 Å². The van der Waals surface area contributed by atoms with Crippen molar-refractivity contribution in [1.29, 1.82) is 0 Å². The molecular formula is C16H17FO3S. The maximum absolute atomic E-state index is 13.3. The largest absolute Gasteiger partial charge is 0.388 e. The fourth-order valence-corrected chi connectivity index (χ4v) is 2.81. The molecule has 2 rings (SSSR count). The summed E-state index contributed by atoms with van der Waals surface area (Å²) >= 11 is 0. The fourth-order valence-electron chi connectivity index (χ4n) is 2.14. The Kier molecular flexibility index (Phi) is 4.44. The van der Waals surface area contributed by atoms with Crippen molar-refractivity contribution in [2.24, 2.45) is 0 Å². The maximum Gasteiger partial charge on any atom is 0.175 e. The Morgan fingerprint density at radius 3 is 2.57 bits per heavy atom. The lowest BCUT2D eigenvalue weighted by Crippen LogP contribution is -2.05. The summed E-state index contributed by atoms with van der Waals surface area (Å²) in [5.74, 6) is -0.354. The zero-order valence-electron chi connectivity index (χ0n) is 11.9. The number of hydrogen-bond donors (Lipinski definition) is 1. The molecule has 0 aliphatic heterocycles. The highest BCUT2D eigenvalue weighted by atomic mass is 32.2. The molecule has 112 valence electrons. The SMILES string of the molecule is Cc1ccc(F)cc1CC(O)c1cccc(S(C)(=O)=O)c1. The van der Waals surface area contributed by atoms with Crippen molar-refractivity contribution in [3.05, 3.63) is 65.0 Å². The number of aliphatic hydroxyl groups excluding tert-OH is 1. The van der Waals surface area contributed by atoms with E-state index < -0.39 is 15.9 Å². The molecule has 3 nitrogen and oxygen atoms in total. The maximum atomic E-state index is 13.3. The Morgan fingerprint density at radius 1 is 1.19 bits per heavy atom. The predicted molar refractivity (Wildman–Crippen MR) is 79.4 cm³/mol. The third-order valence-electron chi connectivity index (χ3n) is 3.40. The third kappa shape index (κ3) is 3.89. The molecular weight excluding hydrogens is 291 g/mol. The molecule has 1 N–H and O–H groups in total. The zero-order valence-corrected chi connectivity index (χ0v) is 12.7. The molecule has 0 aliphatic carbocycles. The van der Waals surface area contributed by atoms with Gasteiger partial charge in [0.25, 0.3) is 0 Å². The molecule has 0 aromatic heterocycles. The first kappa shape index (κ1) is 15.7. The zero-order chi connectivity index (χ0) is 15.6. The van der Waals surface area contributed by atoms with Crippen LogP contribution in [0, 0.1) is 12.7 Å². The van der Waals surface area contributed by atoms with Crippen LogP contribution < -0.4 is 0 Å². The minimum absolute atomic E-state index is 0.162. The van der Waals surface area contributed by atoms with Crippen molar-refractivity contribution in [2.75, 3.05) is 6.26 Å². The van der Waals surface area contributed by atoms with Crippen LogP contribution in [0.1, 0.15) is 22.8 Å². The summed E-state index contributed by atoms with van der Waals surface area (Å²) in [6, 6.07) is 10.6. The van der Waals surface area contributed by atoms with E-state index in [1.807, 2.05) is 6.92 Å². The molecule has 2 aromatic carbocycles. The van der Waals surface area contributed by atoms with Gasteiger partial charge >= 0.3 is 0 Å². The highest BCUT2D eigenvalue weighted by molar-refractivity contribution is 7.90. The van der Waals surface area contributed by atoms with Crippen molar-refractivity contribution in [1.82, 2.24) is 0 Å². The summed E-state index contributed by atoms with van der Waals surface area (Å²) in [6.07, 6.45) is 0.471. The first-order valence-electron chi connectivity index (χ1n) is 6.50. The second-order valence-corrected chi connectivity index (χ2v) is 7.15. The summed E-state index contributed by atoms with van der Waals surface area (Å²) in [7, 11) is -3.32. The van der Waals surface area contributed by atoms with Crippen LogP contribution >= 0.6 is 0 Å². The molecule has 0 fully saturated rings. The number of halogens is 1. The quantitative estimate of drug-likeness (QED) is 0.945. The smallest absolute Gasteiger partial charge is 0.175 e. The van der Waals surface area contributed by atoms with Gasteiger partial charge in [-0.05, 0) is 47.9 Å². The van der Waals surface area contributed by atoms with E-state index in [1.165, 1.54) is 24.3 Å². The van der Waals surface area contributed by atoms with Crippen LogP contribution in [0.2, 0.25) is 0 Å². The van der Waals surface area contributed by atoms with Gasteiger partial charge in [0.05, 0.1) is 11.0 Å². The molecule has 1 atom stereocenters. The topological polar surface area (TPSA) is 54.4 Å². The van der Waals surface area contributed by atoms with E-state index in [0.717, 1.165) is 11.8 Å². The van der Waals surface area contributed by atoms with Gasteiger partial charge in [0.15, 0.2) is 9.84 Å². The number of hydrogen-bond acceptors (Lipinski definition) is 3. The van der Waals surface area contributed by atoms with E-state index in [0.29, 0.717) is 11.1 Å². The van der Waals surface area contributed by atoms with Crippen molar-refractivity contribution in [2.45, 2.75) is 24.3 Å². The predicted octanol–water partition coefficient (Wildman–Crippen LogP) is 2.81. The normalized spacial score (nSPS) is 13.1. The molecule has 0 saturated heterocycles. The van der Waals surface area contributed by atoms with Gasteiger partial charge in [-0.2, -0.15) is 0 Å². The van der Waals surface area contributed by atoms with Crippen LogP contribution in [0.15, 0.2) is 47.4 Å². The Morgan fingerprint density at radius 2 is 1.90 bits per heavy atom. The number of rotatable bonds is 4. The Hall–Kier alpha value is -1.72. The van der Waals surface area contributed by atoms with Crippen molar-refractivity contribution in [3.8, 4) is 0 Å². The van der Waals surface area contributed by atoms with Gasteiger partial charge in [0, 0.05) is 12.7 Å². The van der Waals surface area contributed by atoms with Gasteiger partial charge in [0.1, 0.15) is 5.82 Å². The molecule has 21 heavy (non-hydrogen) atoms. The van der Waals surface area contributed by atoms with Gasteiger partial charge in [-0.15, -0.1) is 0 Å². The average molecular weight is 308 g/mol. The van der Waals surface area contributed by atoms with E-state index in [2.05, 4.69) is 0 Å². The number of benzene rings is 2. The lowest BCUT2D eigenvalue weighted by Gasteiger charge is -2.14. The summed E-state index contributed by atoms with van der Waals surface area (Å²) in [5, 5.41) is 10.3. The number of aliphatic hydroxyl groups is 1. The average Bonchev–Trinajstić information content (AvgIpc) is 2.42. The van der Waals surface area contributed by atoms with Crippen LogP contribution in [0.25, 0.3) is 0 Å². The Labute approximate surface area is 124 Å². The van der Waals surface area contributed by atoms with E-state index >= 15 is 0 Å². The first-order valence-corrected chi connectivity index (χ1v) is 8.39. The van der Waals surface area contributed by atoms with Gasteiger partial charge in [0.2, 0.25) is 0 Å². The molecule has 0 spiro atoms. The minimum atomic E-state index is -3.32. The monoisotopic (exact) mass is 308 g/mol. The molecule has 5 heteroatoms. The molecule has 0 heterocycles. The summed E-state index contributed by atoms with van der Waals surface area (Å²) in [4.78, 5) is 0.162. The van der Waals surface area contributed by atoms with Crippen molar-refractivity contribution >= 4 is 9.84 Å². The standard InChI is InChI=1S/C16H17FO3S/c1-11-6-7-14(17)8-13(11)10-16(18)12-4-3-5-15(9-12)21(2,19)20/h3-9,16,18H,10H2,1-2H3. The molecule has 0 bridgehead atoms. The van der Waals surface area contributed by atoms with Crippen LogP contribution in [0.4, 0.5) is 4.39 Å². The number of sulfone groups is 1. The second kappa shape index (κ2) is 5.95. The lowest BCUT2D eigenvalue weighted by atomic mass is 9.98. The van der Waals surface area contributed by atoms with Crippen LogP contribution in [-0.2, 0) is 16.3 Å². The van der Waals surface area contributed by atoms with Gasteiger partial charge in [-0.25, -0.2) is 12.8 Å². The minimum Gasteiger partial charge on any atom is -0.388 e. The van der Waals surface area contributed by atoms with Crippen LogP contribution in [0.5, 0.6) is 0 Å². The summed E-state index contributed by atoms with van der Waals surface area (Å²) in [6.45, 7) is 1.84. The molecule has 1 unspecified atom stereocenters. The highest BCUT2D eigenvalue weighted by Crippen LogP contribution is 2.23. The fraction of sp³-hybridized carbons (Fsp3) is 0.250. The highest BCUT2D eigenvalue weighted by Gasteiger charge is 2.14. The van der Waals surface area contributed by atoms with E-state index in [1.54, 1.807) is 18.2 Å². The summed E-state index contributed by atoms with van der Waals surface area (Å²) in [5.41, 5.74) is 2.09. The third-order valence-corrected chi connectivity index (χ3v) is 4.51. The lowest BCUT2D eigenvalue weighted by molar-refractivity contribution is 0.178. The Balaban J connectivity index is 2.28. The summed E-state index contributed by atoms with van der Waals surface area (Å²) < 4.78 is 36.3. The molecule has 0 saturated carbocycles. The molecule has 2 aromatic rings. The number of aryl methyl sites for hydroxylation is 1. The van der Waals surface area contributed by atoms with E-state index in [-0.39, 0.29) is 17.1 Å². The van der Waals surface area contributed by atoms with Gasteiger partial charge in [-0.1, -0.05) is 18.2 Å². The van der Waals surface area contributed by atoms with E-state index in [9.17, 15) is 17.9 Å². The molecule has 0 aliphatic rings. The Bertz CT molecular complexity index is 754. The van der Waals surface area contributed by atoms with Gasteiger partial charge < -0.3 is 5.11 Å². The van der Waals surface area contributed by atoms with Crippen molar-refractivity contribution in [3.63, 3.8) is 0 Å². The molecule has 0 amide bonds. The second-order valence-electron chi connectivity index (χ2n) is 5.14. The van der Waals surface area contributed by atoms with Crippen LogP contribution in [0.3, 0.4) is 0 Å². The van der Waals surface area contributed by atoms with E-state index in [4.69, 9.17) is 0 Å². The van der Waals surface area contributed by atoms with Crippen molar-refractivity contribution < 1.29 is 17.9 Å². The molecule has 0 radical (unpaired) electrons. The first-order chi connectivity index (χ1) is 9.77. The van der Waals surface area contributed by atoms with Crippen LogP contribution in [-0.4, -0.2) is 19.8 Å².